The normalized spacial score (nSPS) is 11.9. The van der Waals surface area contributed by atoms with Crippen LogP contribution in [0.1, 0.15) is 6.42 Å². The molecule has 0 heterocycles. The molecule has 1 N–H and O–H groups in total. The molecule has 1 unspecified atom stereocenters. The summed E-state index contributed by atoms with van der Waals surface area (Å²) < 4.78 is 5.24. The highest BCUT2D eigenvalue weighted by atomic mass is 35.5. The third kappa shape index (κ3) is 3.43. The van der Waals surface area contributed by atoms with Crippen molar-refractivity contribution in [2.75, 3.05) is 0 Å². The molecule has 16 heavy (non-hydrogen) atoms. The molecule has 0 bridgehead atoms. The number of halogens is 2. The predicted molar refractivity (Wildman–Crippen MR) is 63.3 cm³/mol. The van der Waals surface area contributed by atoms with Crippen molar-refractivity contribution in [1.82, 2.24) is 0 Å². The number of benzene rings is 1. The van der Waals surface area contributed by atoms with Crippen molar-refractivity contribution in [1.29, 1.82) is 0 Å². The van der Waals surface area contributed by atoms with Crippen LogP contribution in [0.15, 0.2) is 30.9 Å². The van der Waals surface area contributed by atoms with Crippen LogP contribution in [-0.4, -0.2) is 17.2 Å². The Morgan fingerprint density at radius 3 is 2.69 bits per heavy atom. The molecule has 1 aromatic rings. The fourth-order valence-electron chi connectivity index (χ4n) is 1.07. The van der Waals surface area contributed by atoms with Crippen LogP contribution in [0.4, 0.5) is 0 Å². The largest absolute Gasteiger partial charge is 0.478 e. The van der Waals surface area contributed by atoms with Crippen molar-refractivity contribution in [3.05, 3.63) is 40.9 Å². The van der Waals surface area contributed by atoms with Crippen LogP contribution >= 0.6 is 23.2 Å². The van der Waals surface area contributed by atoms with Crippen LogP contribution in [0.3, 0.4) is 0 Å². The summed E-state index contributed by atoms with van der Waals surface area (Å²) in [4.78, 5) is 10.8. The van der Waals surface area contributed by atoms with Crippen molar-refractivity contribution in [2.45, 2.75) is 12.5 Å². The van der Waals surface area contributed by atoms with E-state index in [1.54, 1.807) is 12.1 Å². The van der Waals surface area contributed by atoms with E-state index in [9.17, 15) is 4.79 Å². The van der Waals surface area contributed by atoms with Gasteiger partial charge in [0.1, 0.15) is 5.75 Å². The first kappa shape index (κ1) is 12.9. The Kier molecular flexibility index (Phi) is 4.65. The second-order valence-corrected chi connectivity index (χ2v) is 3.86. The maximum atomic E-state index is 10.8. The number of carboxylic acids is 1. The molecule has 0 fully saturated rings. The van der Waals surface area contributed by atoms with Crippen LogP contribution in [0.25, 0.3) is 0 Å². The molecule has 1 rings (SSSR count). The van der Waals surface area contributed by atoms with E-state index in [0.717, 1.165) is 0 Å². The molecule has 0 saturated carbocycles. The van der Waals surface area contributed by atoms with Crippen molar-refractivity contribution in [2.24, 2.45) is 0 Å². The smallest absolute Gasteiger partial charge is 0.345 e. The molecule has 1 aromatic carbocycles. The molecule has 0 amide bonds. The summed E-state index contributed by atoms with van der Waals surface area (Å²) in [7, 11) is 0. The fraction of sp³-hybridized carbons (Fsp3) is 0.182. The molecule has 1 atom stereocenters. The average molecular weight is 261 g/mol. The van der Waals surface area contributed by atoms with E-state index >= 15 is 0 Å². The lowest BCUT2D eigenvalue weighted by Gasteiger charge is -2.13. The molecular weight excluding hydrogens is 251 g/mol. The summed E-state index contributed by atoms with van der Waals surface area (Å²) in [5.74, 6) is -0.686. The summed E-state index contributed by atoms with van der Waals surface area (Å²) >= 11 is 11.5. The summed E-state index contributed by atoms with van der Waals surface area (Å²) in [5, 5.41) is 9.57. The number of ether oxygens (including phenoxy) is 1. The Morgan fingerprint density at radius 2 is 2.19 bits per heavy atom. The van der Waals surface area contributed by atoms with Crippen LogP contribution in [0.2, 0.25) is 10.0 Å². The first-order valence-corrected chi connectivity index (χ1v) is 5.25. The molecule has 0 spiro atoms. The summed E-state index contributed by atoms with van der Waals surface area (Å²) in [6.45, 7) is 3.47. The van der Waals surface area contributed by atoms with E-state index in [4.69, 9.17) is 33.0 Å². The maximum absolute atomic E-state index is 10.8. The zero-order valence-electron chi connectivity index (χ0n) is 8.32. The number of hydrogen-bond acceptors (Lipinski definition) is 2. The van der Waals surface area contributed by atoms with Crippen molar-refractivity contribution in [3.8, 4) is 5.75 Å². The number of carbonyl (C=O) groups is 1. The Labute approximate surface area is 103 Å². The van der Waals surface area contributed by atoms with Gasteiger partial charge < -0.3 is 9.84 Å². The third-order valence-electron chi connectivity index (χ3n) is 1.83. The lowest BCUT2D eigenvalue weighted by atomic mass is 10.2. The SMILES string of the molecule is C=CCC(Oc1ccc(Cl)c(Cl)c1)C(=O)O. The first-order chi connectivity index (χ1) is 7.54. The van der Waals surface area contributed by atoms with E-state index in [0.29, 0.717) is 15.8 Å². The lowest BCUT2D eigenvalue weighted by Crippen LogP contribution is -2.26. The van der Waals surface area contributed by atoms with Gasteiger partial charge in [-0.25, -0.2) is 4.79 Å². The van der Waals surface area contributed by atoms with Crippen LogP contribution < -0.4 is 4.74 Å². The number of rotatable bonds is 5. The second-order valence-electron chi connectivity index (χ2n) is 3.05. The predicted octanol–water partition coefficient (Wildman–Crippen LogP) is 3.40. The highest BCUT2D eigenvalue weighted by Crippen LogP contribution is 2.27. The highest BCUT2D eigenvalue weighted by Gasteiger charge is 2.17. The van der Waals surface area contributed by atoms with Crippen LogP contribution in [0, 0.1) is 0 Å². The highest BCUT2D eigenvalue weighted by molar-refractivity contribution is 6.42. The summed E-state index contributed by atoms with van der Waals surface area (Å²) in [5.41, 5.74) is 0. The lowest BCUT2D eigenvalue weighted by molar-refractivity contribution is -0.144. The van der Waals surface area contributed by atoms with Gasteiger partial charge in [0, 0.05) is 12.5 Å². The minimum Gasteiger partial charge on any atom is -0.478 e. The topological polar surface area (TPSA) is 46.5 Å². The van der Waals surface area contributed by atoms with E-state index in [1.165, 1.54) is 12.1 Å². The molecular formula is C11H10Cl2O3. The standard InChI is InChI=1S/C11H10Cl2O3/c1-2-3-10(11(14)15)16-7-4-5-8(12)9(13)6-7/h2,4-6,10H,1,3H2,(H,14,15). The van der Waals surface area contributed by atoms with Gasteiger partial charge in [0.05, 0.1) is 10.0 Å². The Balaban J connectivity index is 2.81. The van der Waals surface area contributed by atoms with Crippen molar-refractivity contribution in [3.63, 3.8) is 0 Å². The Hall–Kier alpha value is -1.19. The molecule has 0 aliphatic heterocycles. The molecule has 0 aromatic heterocycles. The van der Waals surface area contributed by atoms with Gasteiger partial charge in [0.25, 0.3) is 0 Å². The van der Waals surface area contributed by atoms with Gasteiger partial charge in [-0.3, -0.25) is 0 Å². The van der Waals surface area contributed by atoms with Gasteiger partial charge in [0.15, 0.2) is 6.10 Å². The van der Waals surface area contributed by atoms with Crippen LogP contribution in [0.5, 0.6) is 5.75 Å². The molecule has 86 valence electrons. The number of carboxylic acid groups (broad SMARTS) is 1. The van der Waals surface area contributed by atoms with Crippen LogP contribution in [-0.2, 0) is 4.79 Å². The second kappa shape index (κ2) is 5.77. The van der Waals surface area contributed by atoms with Gasteiger partial charge in [-0.1, -0.05) is 29.3 Å². The monoisotopic (exact) mass is 260 g/mol. The van der Waals surface area contributed by atoms with Crippen molar-refractivity contribution < 1.29 is 14.6 Å². The third-order valence-corrected chi connectivity index (χ3v) is 2.56. The van der Waals surface area contributed by atoms with Gasteiger partial charge in [-0.05, 0) is 12.1 Å². The molecule has 3 nitrogen and oxygen atoms in total. The zero-order valence-corrected chi connectivity index (χ0v) is 9.83. The summed E-state index contributed by atoms with van der Waals surface area (Å²) in [6.07, 6.45) is 0.737. The molecule has 0 aliphatic carbocycles. The number of hydrogen-bond donors (Lipinski definition) is 1. The molecule has 5 heteroatoms. The Bertz CT molecular complexity index is 404. The van der Waals surface area contributed by atoms with E-state index in [-0.39, 0.29) is 6.42 Å². The molecule has 0 aliphatic rings. The minimum atomic E-state index is -1.05. The Morgan fingerprint density at radius 1 is 1.50 bits per heavy atom. The van der Waals surface area contributed by atoms with E-state index < -0.39 is 12.1 Å². The first-order valence-electron chi connectivity index (χ1n) is 4.50. The number of aliphatic carboxylic acids is 1. The summed E-state index contributed by atoms with van der Waals surface area (Å²) in [6, 6.07) is 4.59. The average Bonchev–Trinajstić information content (AvgIpc) is 2.22. The maximum Gasteiger partial charge on any atom is 0.345 e. The van der Waals surface area contributed by atoms with Gasteiger partial charge >= 0.3 is 5.97 Å². The zero-order chi connectivity index (χ0) is 12.1. The quantitative estimate of drug-likeness (QED) is 0.826. The van der Waals surface area contributed by atoms with E-state index in [1.807, 2.05) is 0 Å². The van der Waals surface area contributed by atoms with Crippen molar-refractivity contribution >= 4 is 29.2 Å². The molecule has 0 radical (unpaired) electrons. The minimum absolute atomic E-state index is 0.218. The van der Waals surface area contributed by atoms with Gasteiger partial charge in [-0.2, -0.15) is 0 Å². The van der Waals surface area contributed by atoms with Gasteiger partial charge in [0.2, 0.25) is 0 Å². The van der Waals surface area contributed by atoms with E-state index in [2.05, 4.69) is 6.58 Å². The molecule has 0 saturated heterocycles. The van der Waals surface area contributed by atoms with Gasteiger partial charge in [-0.15, -0.1) is 6.58 Å². The fourth-order valence-corrected chi connectivity index (χ4v) is 1.35.